The monoisotopic (exact) mass is 349 g/mol. The standard InChI is InChI=1S/C16H19N3O4S/c1-12(14-6-4-8-16(10-14)24(17,22)23)18(2)11-13-5-3-7-15(9-13)19(20)21/h3-10,12H,11H2,1-2H3,(H2,17,22,23). The van der Waals surface area contributed by atoms with Crippen LogP contribution in [0.25, 0.3) is 0 Å². The van der Waals surface area contributed by atoms with E-state index < -0.39 is 14.9 Å². The van der Waals surface area contributed by atoms with Gasteiger partial charge in [-0.2, -0.15) is 0 Å². The average Bonchev–Trinajstić information content (AvgIpc) is 2.53. The van der Waals surface area contributed by atoms with Crippen molar-refractivity contribution in [3.05, 3.63) is 69.8 Å². The number of hydrogen-bond donors (Lipinski definition) is 1. The molecule has 2 rings (SSSR count). The molecule has 0 aromatic heterocycles. The zero-order valence-corrected chi connectivity index (χ0v) is 14.2. The fraction of sp³-hybridized carbons (Fsp3) is 0.250. The van der Waals surface area contributed by atoms with E-state index in [4.69, 9.17) is 5.14 Å². The van der Waals surface area contributed by atoms with Gasteiger partial charge < -0.3 is 0 Å². The lowest BCUT2D eigenvalue weighted by atomic mass is 10.1. The van der Waals surface area contributed by atoms with Crippen LogP contribution in [0.15, 0.2) is 53.4 Å². The molecule has 0 bridgehead atoms. The SMILES string of the molecule is CC(c1cccc(S(N)(=O)=O)c1)N(C)Cc1cccc([N+](=O)[O-])c1. The van der Waals surface area contributed by atoms with Gasteiger partial charge >= 0.3 is 0 Å². The topological polar surface area (TPSA) is 107 Å². The number of non-ortho nitro benzene ring substituents is 1. The first-order valence-electron chi connectivity index (χ1n) is 7.25. The number of rotatable bonds is 6. The van der Waals surface area contributed by atoms with Gasteiger partial charge in [-0.15, -0.1) is 0 Å². The molecule has 0 saturated carbocycles. The molecule has 0 aliphatic carbocycles. The van der Waals surface area contributed by atoms with Crippen molar-refractivity contribution in [2.45, 2.75) is 24.4 Å². The minimum Gasteiger partial charge on any atom is -0.295 e. The lowest BCUT2D eigenvalue weighted by Crippen LogP contribution is -2.22. The molecule has 0 amide bonds. The zero-order chi connectivity index (χ0) is 17.9. The molecule has 1 atom stereocenters. The first-order chi connectivity index (χ1) is 11.2. The molecule has 7 nitrogen and oxygen atoms in total. The Morgan fingerprint density at radius 2 is 1.88 bits per heavy atom. The van der Waals surface area contributed by atoms with Gasteiger partial charge in [-0.05, 0) is 37.2 Å². The summed E-state index contributed by atoms with van der Waals surface area (Å²) in [6.07, 6.45) is 0. The largest absolute Gasteiger partial charge is 0.295 e. The first-order valence-corrected chi connectivity index (χ1v) is 8.79. The first kappa shape index (κ1) is 18.1. The van der Waals surface area contributed by atoms with Gasteiger partial charge in [-0.3, -0.25) is 15.0 Å². The van der Waals surface area contributed by atoms with E-state index in [1.165, 1.54) is 18.2 Å². The zero-order valence-electron chi connectivity index (χ0n) is 13.4. The van der Waals surface area contributed by atoms with Gasteiger partial charge in [0.25, 0.3) is 5.69 Å². The normalized spacial score (nSPS) is 13.0. The van der Waals surface area contributed by atoms with Crippen molar-refractivity contribution in [1.82, 2.24) is 4.90 Å². The summed E-state index contributed by atoms with van der Waals surface area (Å²) in [6, 6.07) is 12.8. The fourth-order valence-electron chi connectivity index (χ4n) is 2.40. The third-order valence-electron chi connectivity index (χ3n) is 3.88. The minimum absolute atomic E-state index is 0.0461. The van der Waals surface area contributed by atoms with E-state index in [2.05, 4.69) is 0 Å². The van der Waals surface area contributed by atoms with Gasteiger partial charge in [0.15, 0.2) is 0 Å². The second kappa shape index (κ2) is 7.08. The van der Waals surface area contributed by atoms with Gasteiger partial charge in [0.05, 0.1) is 9.82 Å². The lowest BCUT2D eigenvalue weighted by Gasteiger charge is -2.25. The Morgan fingerprint density at radius 3 is 2.50 bits per heavy atom. The Hall–Kier alpha value is -2.29. The number of sulfonamides is 1. The van der Waals surface area contributed by atoms with Crippen LogP contribution in [0.4, 0.5) is 5.69 Å². The van der Waals surface area contributed by atoms with Crippen molar-refractivity contribution in [2.24, 2.45) is 5.14 Å². The Bertz CT molecular complexity index is 852. The molecule has 2 aromatic rings. The molecule has 0 radical (unpaired) electrons. The Morgan fingerprint density at radius 1 is 1.21 bits per heavy atom. The van der Waals surface area contributed by atoms with E-state index in [0.717, 1.165) is 11.1 Å². The van der Waals surface area contributed by atoms with E-state index in [9.17, 15) is 18.5 Å². The van der Waals surface area contributed by atoms with Crippen LogP contribution in [0.1, 0.15) is 24.1 Å². The predicted molar refractivity (Wildman–Crippen MR) is 90.8 cm³/mol. The maximum Gasteiger partial charge on any atom is 0.269 e. The second-order valence-electron chi connectivity index (χ2n) is 5.64. The summed E-state index contributed by atoms with van der Waals surface area (Å²) in [6.45, 7) is 2.42. The lowest BCUT2D eigenvalue weighted by molar-refractivity contribution is -0.384. The van der Waals surface area contributed by atoms with Crippen molar-refractivity contribution in [2.75, 3.05) is 7.05 Å². The summed E-state index contributed by atoms with van der Waals surface area (Å²) in [7, 11) is -1.88. The fourth-order valence-corrected chi connectivity index (χ4v) is 2.97. The highest BCUT2D eigenvalue weighted by atomic mass is 32.2. The number of benzene rings is 2. The molecule has 24 heavy (non-hydrogen) atoms. The second-order valence-corrected chi connectivity index (χ2v) is 7.20. The van der Waals surface area contributed by atoms with Crippen LogP contribution in [-0.4, -0.2) is 25.3 Å². The maximum absolute atomic E-state index is 11.5. The molecule has 0 heterocycles. The molecule has 2 N–H and O–H groups in total. The highest BCUT2D eigenvalue weighted by molar-refractivity contribution is 7.89. The van der Waals surface area contributed by atoms with E-state index in [1.54, 1.807) is 18.2 Å². The molecule has 0 saturated heterocycles. The molecule has 0 fully saturated rings. The molecule has 0 aliphatic heterocycles. The molecular weight excluding hydrogens is 330 g/mol. The van der Waals surface area contributed by atoms with E-state index in [1.807, 2.05) is 31.0 Å². The minimum atomic E-state index is -3.75. The van der Waals surface area contributed by atoms with Gasteiger partial charge in [0, 0.05) is 24.7 Å². The Kier molecular flexibility index (Phi) is 5.33. The third-order valence-corrected chi connectivity index (χ3v) is 4.79. The van der Waals surface area contributed by atoms with Crippen molar-refractivity contribution < 1.29 is 13.3 Å². The quantitative estimate of drug-likeness (QED) is 0.637. The molecule has 1 unspecified atom stereocenters. The Balaban J connectivity index is 2.19. The molecule has 128 valence electrons. The van der Waals surface area contributed by atoms with Crippen LogP contribution in [0, 0.1) is 10.1 Å². The molecule has 8 heteroatoms. The summed E-state index contributed by atoms with van der Waals surface area (Å²) in [5.41, 5.74) is 1.65. The number of hydrogen-bond acceptors (Lipinski definition) is 5. The highest BCUT2D eigenvalue weighted by Gasteiger charge is 2.16. The number of nitrogens with two attached hydrogens (primary N) is 1. The Labute approximate surface area is 140 Å². The highest BCUT2D eigenvalue weighted by Crippen LogP contribution is 2.23. The number of nitro benzene ring substituents is 1. The summed E-state index contributed by atoms with van der Waals surface area (Å²) in [4.78, 5) is 12.5. The summed E-state index contributed by atoms with van der Waals surface area (Å²) < 4.78 is 22.9. The van der Waals surface area contributed by atoms with Crippen LogP contribution < -0.4 is 5.14 Å². The maximum atomic E-state index is 11.5. The predicted octanol–water partition coefficient (Wildman–Crippen LogP) is 2.44. The van der Waals surface area contributed by atoms with Gasteiger partial charge in [0.1, 0.15) is 0 Å². The smallest absolute Gasteiger partial charge is 0.269 e. The molecular formula is C16H19N3O4S. The van der Waals surface area contributed by atoms with Crippen LogP contribution in [0.5, 0.6) is 0 Å². The average molecular weight is 349 g/mol. The van der Waals surface area contributed by atoms with Crippen molar-refractivity contribution in [3.63, 3.8) is 0 Å². The van der Waals surface area contributed by atoms with Crippen molar-refractivity contribution >= 4 is 15.7 Å². The number of nitro groups is 1. The summed E-state index contributed by atoms with van der Waals surface area (Å²) >= 11 is 0. The van der Waals surface area contributed by atoms with E-state index in [0.29, 0.717) is 6.54 Å². The van der Waals surface area contributed by atoms with Crippen LogP contribution in [0.2, 0.25) is 0 Å². The molecule has 0 aliphatic rings. The summed E-state index contributed by atoms with van der Waals surface area (Å²) in [5.74, 6) is 0. The van der Waals surface area contributed by atoms with Gasteiger partial charge in [0.2, 0.25) is 10.0 Å². The number of primary sulfonamides is 1. The third kappa shape index (κ3) is 4.38. The van der Waals surface area contributed by atoms with Crippen molar-refractivity contribution in [3.8, 4) is 0 Å². The number of nitrogens with zero attached hydrogens (tertiary/aromatic N) is 2. The van der Waals surface area contributed by atoms with Gasteiger partial charge in [-0.1, -0.05) is 24.3 Å². The van der Waals surface area contributed by atoms with Gasteiger partial charge in [-0.25, -0.2) is 13.6 Å². The summed E-state index contributed by atoms with van der Waals surface area (Å²) in [5, 5.41) is 16.0. The molecule has 0 spiro atoms. The van der Waals surface area contributed by atoms with Crippen LogP contribution in [-0.2, 0) is 16.6 Å². The van der Waals surface area contributed by atoms with Crippen molar-refractivity contribution in [1.29, 1.82) is 0 Å². The van der Waals surface area contributed by atoms with Crippen LogP contribution in [0.3, 0.4) is 0 Å². The van der Waals surface area contributed by atoms with E-state index >= 15 is 0 Å². The van der Waals surface area contributed by atoms with Crippen LogP contribution >= 0.6 is 0 Å². The van der Waals surface area contributed by atoms with E-state index in [-0.39, 0.29) is 16.6 Å². The molecule has 2 aromatic carbocycles.